The fourth-order valence-electron chi connectivity index (χ4n) is 2.59. The third kappa shape index (κ3) is 3.27. The Morgan fingerprint density at radius 1 is 1.19 bits per heavy atom. The van der Waals surface area contributed by atoms with Gasteiger partial charge in [0.2, 0.25) is 0 Å². The first-order chi connectivity index (χ1) is 9.87. The second-order valence-corrected chi connectivity index (χ2v) is 7.66. The fourth-order valence-corrected chi connectivity index (χ4v) is 4.07. The van der Waals surface area contributed by atoms with Crippen LogP contribution >= 0.6 is 8.58 Å². The number of rotatable bonds is 4. The number of phenolic OH excluding ortho intramolecular Hbond substituents is 1. The van der Waals surface area contributed by atoms with Gasteiger partial charge in [0, 0.05) is 16.0 Å². The topological polar surface area (TPSA) is 20.2 Å². The zero-order chi connectivity index (χ0) is 15.6. The molecule has 0 aliphatic rings. The van der Waals surface area contributed by atoms with Crippen molar-refractivity contribution >= 4 is 13.9 Å². The molecule has 2 aromatic rings. The zero-order valence-corrected chi connectivity index (χ0v) is 14.0. The highest BCUT2D eigenvalue weighted by molar-refractivity contribution is 7.48. The van der Waals surface area contributed by atoms with E-state index in [1.54, 1.807) is 6.07 Å². The molecule has 0 saturated carbocycles. The summed E-state index contributed by atoms with van der Waals surface area (Å²) in [6.45, 7) is 8.13. The Kier molecular flexibility index (Phi) is 4.68. The molecule has 2 aromatic carbocycles. The maximum Gasteiger partial charge on any atom is 0.130 e. The standard InChI is InChI=1S/C18H22FOP/c1-5-18(4,21-16-9-7-6-8-15(16)19)14-11-12(2)10-13(3)17(14)20/h6-11,20-21H,5H2,1-4H3. The molecule has 1 nitrogen and oxygen atoms in total. The normalized spacial score (nSPS) is 14.5. The number of aromatic hydroxyl groups is 1. The SMILES string of the molecule is CCC(C)(Pc1ccccc1F)c1cc(C)cc(C)c1O. The number of hydrogen-bond donors (Lipinski definition) is 1. The lowest BCUT2D eigenvalue weighted by atomic mass is 9.93. The molecule has 0 spiro atoms. The molecule has 2 atom stereocenters. The predicted octanol–water partition coefficient (Wildman–Crippen LogP) is 4.78. The van der Waals surface area contributed by atoms with E-state index in [4.69, 9.17) is 0 Å². The van der Waals surface area contributed by atoms with Crippen LogP contribution in [-0.2, 0) is 5.16 Å². The minimum Gasteiger partial charge on any atom is -0.507 e. The molecule has 0 aliphatic heterocycles. The Balaban J connectivity index is 2.49. The number of halogens is 1. The highest BCUT2D eigenvalue weighted by Gasteiger charge is 2.29. The predicted molar refractivity (Wildman–Crippen MR) is 89.6 cm³/mol. The third-order valence-electron chi connectivity index (χ3n) is 4.03. The van der Waals surface area contributed by atoms with Gasteiger partial charge in [0.15, 0.2) is 0 Å². The van der Waals surface area contributed by atoms with Crippen LogP contribution < -0.4 is 5.30 Å². The lowest BCUT2D eigenvalue weighted by Crippen LogP contribution is -2.20. The third-order valence-corrected chi connectivity index (χ3v) is 5.88. The lowest BCUT2D eigenvalue weighted by Gasteiger charge is -2.31. The quantitative estimate of drug-likeness (QED) is 0.806. The molecule has 3 heteroatoms. The Morgan fingerprint density at radius 3 is 2.48 bits per heavy atom. The average molecular weight is 304 g/mol. The summed E-state index contributed by atoms with van der Waals surface area (Å²) in [5, 5.41) is 10.9. The van der Waals surface area contributed by atoms with Gasteiger partial charge in [-0.25, -0.2) is 4.39 Å². The second kappa shape index (κ2) is 6.15. The summed E-state index contributed by atoms with van der Waals surface area (Å²) in [7, 11) is 0.279. The van der Waals surface area contributed by atoms with E-state index in [1.807, 2.05) is 38.1 Å². The van der Waals surface area contributed by atoms with Crippen LogP contribution in [0, 0.1) is 19.7 Å². The molecule has 0 aliphatic carbocycles. The van der Waals surface area contributed by atoms with Crippen molar-refractivity contribution in [3.05, 3.63) is 58.9 Å². The number of hydrogen-bond acceptors (Lipinski definition) is 1. The van der Waals surface area contributed by atoms with Crippen LogP contribution in [0.1, 0.15) is 37.0 Å². The monoisotopic (exact) mass is 304 g/mol. The summed E-state index contributed by atoms with van der Waals surface area (Å²) in [4.78, 5) is 0. The van der Waals surface area contributed by atoms with E-state index in [9.17, 15) is 9.50 Å². The van der Waals surface area contributed by atoms with E-state index in [1.165, 1.54) is 6.07 Å². The molecule has 0 amide bonds. The van der Waals surface area contributed by atoms with Gasteiger partial charge >= 0.3 is 0 Å². The van der Waals surface area contributed by atoms with Gasteiger partial charge in [-0.05, 0) is 31.9 Å². The Morgan fingerprint density at radius 2 is 1.86 bits per heavy atom. The molecule has 0 heterocycles. The molecule has 21 heavy (non-hydrogen) atoms. The van der Waals surface area contributed by atoms with Gasteiger partial charge in [-0.1, -0.05) is 58.3 Å². The van der Waals surface area contributed by atoms with Gasteiger partial charge in [0.25, 0.3) is 0 Å². The van der Waals surface area contributed by atoms with E-state index in [0.717, 1.165) is 28.4 Å². The molecule has 0 aromatic heterocycles. The molecule has 2 unspecified atom stereocenters. The van der Waals surface area contributed by atoms with Crippen molar-refractivity contribution in [3.63, 3.8) is 0 Å². The van der Waals surface area contributed by atoms with Crippen LogP contribution in [0.3, 0.4) is 0 Å². The maximum atomic E-state index is 14.0. The number of aryl methyl sites for hydroxylation is 2. The fraction of sp³-hybridized carbons (Fsp3) is 0.333. The molecule has 0 saturated heterocycles. The van der Waals surface area contributed by atoms with Crippen molar-refractivity contribution in [2.24, 2.45) is 0 Å². The molecule has 1 N–H and O–H groups in total. The average Bonchev–Trinajstić information content (AvgIpc) is 2.45. The smallest absolute Gasteiger partial charge is 0.130 e. The number of benzene rings is 2. The van der Waals surface area contributed by atoms with Crippen LogP contribution in [0.4, 0.5) is 4.39 Å². The summed E-state index contributed by atoms with van der Waals surface area (Å²) in [6, 6.07) is 10.9. The van der Waals surface area contributed by atoms with Crippen LogP contribution in [0.25, 0.3) is 0 Å². The Labute approximate surface area is 128 Å². The maximum absolute atomic E-state index is 14.0. The minimum absolute atomic E-state index is 0.167. The van der Waals surface area contributed by atoms with Crippen LogP contribution in [0.2, 0.25) is 0 Å². The van der Waals surface area contributed by atoms with E-state index in [0.29, 0.717) is 5.75 Å². The minimum atomic E-state index is -0.261. The Bertz CT molecular complexity index is 654. The summed E-state index contributed by atoms with van der Waals surface area (Å²) >= 11 is 0. The van der Waals surface area contributed by atoms with Gasteiger partial charge in [-0.2, -0.15) is 0 Å². The van der Waals surface area contributed by atoms with Gasteiger partial charge in [-0.3, -0.25) is 0 Å². The van der Waals surface area contributed by atoms with E-state index >= 15 is 0 Å². The highest BCUT2D eigenvalue weighted by atomic mass is 31.1. The first-order valence-electron chi connectivity index (χ1n) is 7.21. The Hall–Kier alpha value is -1.40. The van der Waals surface area contributed by atoms with Crippen molar-refractivity contribution in [2.75, 3.05) is 0 Å². The summed E-state index contributed by atoms with van der Waals surface area (Å²) in [5.41, 5.74) is 2.92. The summed E-state index contributed by atoms with van der Waals surface area (Å²) < 4.78 is 14.0. The van der Waals surface area contributed by atoms with Crippen LogP contribution in [-0.4, -0.2) is 5.11 Å². The van der Waals surface area contributed by atoms with Crippen molar-refractivity contribution in [3.8, 4) is 5.75 Å². The molecule has 112 valence electrons. The van der Waals surface area contributed by atoms with E-state index in [-0.39, 0.29) is 19.6 Å². The first-order valence-corrected chi connectivity index (χ1v) is 8.21. The molecular weight excluding hydrogens is 282 g/mol. The van der Waals surface area contributed by atoms with Gasteiger partial charge in [0.05, 0.1) is 0 Å². The van der Waals surface area contributed by atoms with Gasteiger partial charge in [0.1, 0.15) is 11.6 Å². The lowest BCUT2D eigenvalue weighted by molar-refractivity contribution is 0.452. The van der Waals surface area contributed by atoms with Gasteiger partial charge in [-0.15, -0.1) is 0 Å². The van der Waals surface area contributed by atoms with E-state index in [2.05, 4.69) is 13.8 Å². The van der Waals surface area contributed by atoms with E-state index < -0.39 is 0 Å². The number of phenols is 1. The highest BCUT2D eigenvalue weighted by Crippen LogP contribution is 2.48. The van der Waals surface area contributed by atoms with Crippen molar-refractivity contribution in [1.29, 1.82) is 0 Å². The zero-order valence-electron chi connectivity index (χ0n) is 13.0. The molecule has 2 rings (SSSR count). The van der Waals surface area contributed by atoms with Crippen molar-refractivity contribution in [1.82, 2.24) is 0 Å². The molecular formula is C18H22FOP. The van der Waals surface area contributed by atoms with Crippen molar-refractivity contribution < 1.29 is 9.50 Å². The largest absolute Gasteiger partial charge is 0.507 e. The molecule has 0 bridgehead atoms. The molecule has 0 fully saturated rings. The first kappa shape index (κ1) is 16.0. The van der Waals surface area contributed by atoms with Gasteiger partial charge < -0.3 is 5.11 Å². The summed E-state index contributed by atoms with van der Waals surface area (Å²) in [5.74, 6) is 0.174. The second-order valence-electron chi connectivity index (χ2n) is 5.77. The van der Waals surface area contributed by atoms with Crippen LogP contribution in [0.15, 0.2) is 36.4 Å². The van der Waals surface area contributed by atoms with Crippen LogP contribution in [0.5, 0.6) is 5.75 Å². The molecule has 0 radical (unpaired) electrons. The summed E-state index contributed by atoms with van der Waals surface area (Å²) in [6.07, 6.45) is 0.843. The van der Waals surface area contributed by atoms with Crippen molar-refractivity contribution in [2.45, 2.75) is 39.3 Å².